The molecule has 0 rings (SSSR count). The number of aldehydes is 1. The van der Waals surface area contributed by atoms with Gasteiger partial charge in [0.1, 0.15) is 6.29 Å². The van der Waals surface area contributed by atoms with E-state index in [4.69, 9.17) is 0 Å². The molecule has 0 N–H and O–H groups in total. The molecule has 0 aromatic rings. The highest BCUT2D eigenvalue weighted by Gasteiger charge is 2.07. The van der Waals surface area contributed by atoms with Crippen molar-refractivity contribution in [2.24, 2.45) is 0 Å². The van der Waals surface area contributed by atoms with Crippen LogP contribution in [0.1, 0.15) is 32.6 Å². The van der Waals surface area contributed by atoms with Crippen molar-refractivity contribution in [3.63, 3.8) is 0 Å². The Morgan fingerprint density at radius 2 is 2.00 bits per heavy atom. The van der Waals surface area contributed by atoms with Gasteiger partial charge in [0.15, 0.2) is 0 Å². The third-order valence-corrected chi connectivity index (χ3v) is 2.02. The molecular formula is C11H19NO2. The van der Waals surface area contributed by atoms with Gasteiger partial charge in [-0.25, -0.2) is 0 Å². The van der Waals surface area contributed by atoms with Crippen molar-refractivity contribution >= 4 is 12.2 Å². The fraction of sp³-hybridized carbons (Fsp3) is 0.636. The third kappa shape index (κ3) is 5.51. The lowest BCUT2D eigenvalue weighted by atomic mass is 10.2. The van der Waals surface area contributed by atoms with E-state index >= 15 is 0 Å². The van der Waals surface area contributed by atoms with E-state index in [9.17, 15) is 9.59 Å². The smallest absolute Gasteiger partial charge is 0.245 e. The molecule has 0 heterocycles. The van der Waals surface area contributed by atoms with Gasteiger partial charge >= 0.3 is 0 Å². The van der Waals surface area contributed by atoms with E-state index in [1.807, 2.05) is 0 Å². The number of carbonyl (C=O) groups excluding carboxylic acids is 2. The zero-order chi connectivity index (χ0) is 10.8. The number of nitrogens with zero attached hydrogens (tertiary/aromatic N) is 1. The maximum atomic E-state index is 11.3. The molecule has 0 spiro atoms. The Balaban J connectivity index is 3.89. The van der Waals surface area contributed by atoms with Crippen LogP contribution < -0.4 is 0 Å². The van der Waals surface area contributed by atoms with E-state index in [-0.39, 0.29) is 5.91 Å². The molecule has 0 aliphatic carbocycles. The highest BCUT2D eigenvalue weighted by Crippen LogP contribution is 1.99. The minimum absolute atomic E-state index is 0.0376. The molecule has 0 aromatic carbocycles. The molecule has 0 atom stereocenters. The van der Waals surface area contributed by atoms with Crippen molar-refractivity contribution in [2.45, 2.75) is 32.6 Å². The van der Waals surface area contributed by atoms with Gasteiger partial charge in [-0.05, 0) is 18.9 Å². The summed E-state index contributed by atoms with van der Waals surface area (Å²) in [6.07, 6.45) is 5.54. The molecule has 0 fully saturated rings. The number of amides is 1. The van der Waals surface area contributed by atoms with Crippen LogP contribution in [-0.4, -0.2) is 30.2 Å². The summed E-state index contributed by atoms with van der Waals surface area (Å²) in [7, 11) is 0. The molecule has 14 heavy (non-hydrogen) atoms. The second-order valence-electron chi connectivity index (χ2n) is 3.19. The molecule has 0 saturated carbocycles. The first-order valence-corrected chi connectivity index (χ1v) is 5.11. The average Bonchev–Trinajstić information content (AvgIpc) is 2.22. The highest BCUT2D eigenvalue weighted by atomic mass is 16.2. The average molecular weight is 197 g/mol. The molecule has 80 valence electrons. The molecule has 0 unspecified atom stereocenters. The molecule has 0 aliphatic heterocycles. The summed E-state index contributed by atoms with van der Waals surface area (Å²) in [6, 6.07) is 0. The fourth-order valence-corrected chi connectivity index (χ4v) is 1.18. The second-order valence-corrected chi connectivity index (χ2v) is 3.19. The molecular weight excluding hydrogens is 178 g/mol. The van der Waals surface area contributed by atoms with Gasteiger partial charge in [0, 0.05) is 19.5 Å². The summed E-state index contributed by atoms with van der Waals surface area (Å²) < 4.78 is 0. The highest BCUT2D eigenvalue weighted by molar-refractivity contribution is 5.86. The van der Waals surface area contributed by atoms with Gasteiger partial charge in [-0.2, -0.15) is 0 Å². The quantitative estimate of drug-likeness (QED) is 0.338. The van der Waals surface area contributed by atoms with Crippen LogP contribution in [0, 0.1) is 0 Å². The van der Waals surface area contributed by atoms with Crippen LogP contribution in [-0.2, 0) is 9.59 Å². The second kappa shape index (κ2) is 8.48. The predicted molar refractivity (Wildman–Crippen MR) is 57.0 cm³/mol. The zero-order valence-corrected chi connectivity index (χ0v) is 8.87. The standard InChI is InChI=1S/C11H19NO2/c1-3-5-8-12(11(14)4-2)9-6-7-10-13/h4,10H,2-3,5-9H2,1H3. The number of hydrogen-bond donors (Lipinski definition) is 0. The maximum Gasteiger partial charge on any atom is 0.245 e. The minimum Gasteiger partial charge on any atom is -0.339 e. The Labute approximate surface area is 85.8 Å². The SMILES string of the molecule is C=CC(=O)N(CCCC)CCCC=O. The number of hydrogen-bond acceptors (Lipinski definition) is 2. The summed E-state index contributed by atoms with van der Waals surface area (Å²) in [4.78, 5) is 23.2. The van der Waals surface area contributed by atoms with Crippen molar-refractivity contribution < 1.29 is 9.59 Å². The predicted octanol–water partition coefficient (Wildman–Crippen LogP) is 1.78. The van der Waals surface area contributed by atoms with Gasteiger partial charge in [0.05, 0.1) is 0 Å². The van der Waals surface area contributed by atoms with Crippen molar-refractivity contribution in [1.29, 1.82) is 0 Å². The van der Waals surface area contributed by atoms with E-state index in [0.717, 1.165) is 32.1 Å². The lowest BCUT2D eigenvalue weighted by Gasteiger charge is -2.20. The number of rotatable bonds is 8. The van der Waals surface area contributed by atoms with Crippen molar-refractivity contribution in [1.82, 2.24) is 4.90 Å². The molecule has 1 amide bonds. The zero-order valence-electron chi connectivity index (χ0n) is 8.87. The normalized spacial score (nSPS) is 9.50. The molecule has 3 nitrogen and oxygen atoms in total. The largest absolute Gasteiger partial charge is 0.339 e. The summed E-state index contributed by atoms with van der Waals surface area (Å²) in [6.45, 7) is 6.96. The minimum atomic E-state index is -0.0376. The van der Waals surface area contributed by atoms with Crippen LogP contribution in [0.3, 0.4) is 0 Å². The number of unbranched alkanes of at least 4 members (excludes halogenated alkanes) is 2. The van der Waals surface area contributed by atoms with E-state index in [1.54, 1.807) is 4.90 Å². The van der Waals surface area contributed by atoms with Gasteiger partial charge in [-0.3, -0.25) is 4.79 Å². The Hall–Kier alpha value is -1.12. The van der Waals surface area contributed by atoms with Gasteiger partial charge in [0.2, 0.25) is 5.91 Å². The Morgan fingerprint density at radius 3 is 2.50 bits per heavy atom. The monoisotopic (exact) mass is 197 g/mol. The lowest BCUT2D eigenvalue weighted by Crippen LogP contribution is -2.31. The van der Waals surface area contributed by atoms with E-state index in [1.165, 1.54) is 6.08 Å². The molecule has 0 radical (unpaired) electrons. The lowest BCUT2D eigenvalue weighted by molar-refractivity contribution is -0.126. The van der Waals surface area contributed by atoms with Crippen LogP contribution in [0.25, 0.3) is 0 Å². The maximum absolute atomic E-state index is 11.3. The summed E-state index contributed by atoms with van der Waals surface area (Å²) in [5.41, 5.74) is 0. The van der Waals surface area contributed by atoms with Crippen LogP contribution in [0.2, 0.25) is 0 Å². The first-order valence-electron chi connectivity index (χ1n) is 5.11. The van der Waals surface area contributed by atoms with Crippen molar-refractivity contribution in [2.75, 3.05) is 13.1 Å². The first-order chi connectivity index (χ1) is 6.76. The van der Waals surface area contributed by atoms with Crippen LogP contribution in [0.4, 0.5) is 0 Å². The third-order valence-electron chi connectivity index (χ3n) is 2.02. The molecule has 0 aromatic heterocycles. The van der Waals surface area contributed by atoms with E-state index in [0.29, 0.717) is 13.0 Å². The Bertz CT molecular complexity index is 190. The van der Waals surface area contributed by atoms with Crippen molar-refractivity contribution in [3.8, 4) is 0 Å². The van der Waals surface area contributed by atoms with Gasteiger partial charge in [-0.15, -0.1) is 0 Å². The fourth-order valence-electron chi connectivity index (χ4n) is 1.18. The molecule has 3 heteroatoms. The first kappa shape index (κ1) is 12.9. The Kier molecular flexibility index (Phi) is 7.80. The van der Waals surface area contributed by atoms with Crippen LogP contribution >= 0.6 is 0 Å². The molecule has 0 aliphatic rings. The van der Waals surface area contributed by atoms with Crippen LogP contribution in [0.5, 0.6) is 0 Å². The topological polar surface area (TPSA) is 37.4 Å². The summed E-state index contributed by atoms with van der Waals surface area (Å²) in [5, 5.41) is 0. The summed E-state index contributed by atoms with van der Waals surface area (Å²) >= 11 is 0. The van der Waals surface area contributed by atoms with E-state index < -0.39 is 0 Å². The van der Waals surface area contributed by atoms with Crippen molar-refractivity contribution in [3.05, 3.63) is 12.7 Å². The van der Waals surface area contributed by atoms with Crippen LogP contribution in [0.15, 0.2) is 12.7 Å². The van der Waals surface area contributed by atoms with Gasteiger partial charge in [-0.1, -0.05) is 19.9 Å². The van der Waals surface area contributed by atoms with Gasteiger partial charge in [0.25, 0.3) is 0 Å². The van der Waals surface area contributed by atoms with E-state index in [2.05, 4.69) is 13.5 Å². The Morgan fingerprint density at radius 1 is 1.36 bits per heavy atom. The summed E-state index contributed by atoms with van der Waals surface area (Å²) in [5.74, 6) is -0.0376. The molecule has 0 bridgehead atoms. The molecule has 0 saturated heterocycles. The van der Waals surface area contributed by atoms with Gasteiger partial charge < -0.3 is 9.69 Å². The number of carbonyl (C=O) groups is 2.